The fourth-order valence-corrected chi connectivity index (χ4v) is 1.53. The van der Waals surface area contributed by atoms with E-state index in [2.05, 4.69) is 37.0 Å². The van der Waals surface area contributed by atoms with E-state index in [1.165, 1.54) is 22.1 Å². The van der Waals surface area contributed by atoms with E-state index < -0.39 is 0 Å². The van der Waals surface area contributed by atoms with Gasteiger partial charge in [-0.3, -0.25) is 5.10 Å². The zero-order chi connectivity index (χ0) is 8.72. The molecule has 1 aromatic carbocycles. The van der Waals surface area contributed by atoms with E-state index in [-0.39, 0.29) is 0 Å². The van der Waals surface area contributed by atoms with E-state index >= 15 is 0 Å². The lowest BCUT2D eigenvalue weighted by Gasteiger charge is -2.04. The third kappa shape index (κ3) is 0.843. The zero-order valence-corrected chi connectivity index (χ0v) is 7.60. The van der Waals surface area contributed by atoms with Crippen molar-refractivity contribution in [3.8, 4) is 0 Å². The third-order valence-corrected chi connectivity index (χ3v) is 2.59. The van der Waals surface area contributed by atoms with E-state index in [9.17, 15) is 0 Å². The van der Waals surface area contributed by atoms with Gasteiger partial charge in [0, 0.05) is 5.39 Å². The summed E-state index contributed by atoms with van der Waals surface area (Å²) in [6.45, 7) is 6.42. The van der Waals surface area contributed by atoms with Crippen LogP contribution in [0.2, 0.25) is 0 Å². The number of H-pyrrole nitrogens is 1. The molecule has 2 aromatic rings. The van der Waals surface area contributed by atoms with Crippen LogP contribution in [0.5, 0.6) is 0 Å². The number of nitrogens with one attached hydrogen (secondary N) is 1. The van der Waals surface area contributed by atoms with Gasteiger partial charge in [0.15, 0.2) is 0 Å². The Balaban J connectivity index is 2.94. The largest absolute Gasteiger partial charge is 0.278 e. The molecule has 1 aromatic heterocycles. The van der Waals surface area contributed by atoms with Gasteiger partial charge in [-0.25, -0.2) is 0 Å². The van der Waals surface area contributed by atoms with Gasteiger partial charge >= 0.3 is 0 Å². The van der Waals surface area contributed by atoms with Crippen LogP contribution in [-0.4, -0.2) is 10.2 Å². The topological polar surface area (TPSA) is 28.7 Å². The van der Waals surface area contributed by atoms with Gasteiger partial charge < -0.3 is 0 Å². The molecular weight excluding hydrogens is 148 g/mol. The molecule has 0 atom stereocenters. The van der Waals surface area contributed by atoms with Crippen LogP contribution in [0.3, 0.4) is 0 Å². The van der Waals surface area contributed by atoms with Crippen LogP contribution in [0.4, 0.5) is 0 Å². The van der Waals surface area contributed by atoms with Crippen LogP contribution >= 0.6 is 0 Å². The Hall–Kier alpha value is -1.31. The Morgan fingerprint density at radius 3 is 2.67 bits per heavy atom. The molecule has 1 N–H and O–H groups in total. The number of hydrogen-bond donors (Lipinski definition) is 1. The molecule has 62 valence electrons. The first kappa shape index (κ1) is 7.35. The number of aryl methyl sites for hydroxylation is 2. The second-order valence-corrected chi connectivity index (χ2v) is 3.27. The average Bonchev–Trinajstić information content (AvgIpc) is 2.48. The molecule has 2 heteroatoms. The lowest BCUT2D eigenvalue weighted by atomic mass is 10.0. The highest BCUT2D eigenvalue weighted by Gasteiger charge is 2.04. The standard InChI is InChI=1S/C10H12N2/c1-6-4-10-9(5-11-12-10)8(3)7(6)2/h4-5H,1-3H3,(H,11,12). The number of hydrogen-bond acceptors (Lipinski definition) is 1. The maximum absolute atomic E-state index is 4.02. The van der Waals surface area contributed by atoms with E-state index in [0.29, 0.717) is 0 Å². The zero-order valence-electron chi connectivity index (χ0n) is 7.60. The van der Waals surface area contributed by atoms with Gasteiger partial charge in [-0.2, -0.15) is 5.10 Å². The van der Waals surface area contributed by atoms with Crippen molar-refractivity contribution in [1.82, 2.24) is 10.2 Å². The molecule has 12 heavy (non-hydrogen) atoms. The minimum atomic E-state index is 1.13. The highest BCUT2D eigenvalue weighted by molar-refractivity contribution is 5.83. The molecule has 0 radical (unpaired) electrons. The summed E-state index contributed by atoms with van der Waals surface area (Å²) in [7, 11) is 0. The molecule has 0 spiro atoms. The molecule has 0 aliphatic carbocycles. The SMILES string of the molecule is Cc1cc2[nH]ncc2c(C)c1C. The van der Waals surface area contributed by atoms with E-state index in [4.69, 9.17) is 0 Å². The molecule has 2 nitrogen and oxygen atoms in total. The van der Waals surface area contributed by atoms with Crippen molar-refractivity contribution >= 4 is 10.9 Å². The van der Waals surface area contributed by atoms with Gasteiger partial charge in [0.05, 0.1) is 11.7 Å². The Morgan fingerprint density at radius 1 is 1.17 bits per heavy atom. The molecule has 0 unspecified atom stereocenters. The summed E-state index contributed by atoms with van der Waals surface area (Å²) in [5.74, 6) is 0. The molecule has 0 saturated carbocycles. The van der Waals surface area contributed by atoms with E-state index in [1.807, 2.05) is 6.20 Å². The molecule has 0 amide bonds. The van der Waals surface area contributed by atoms with Crippen molar-refractivity contribution < 1.29 is 0 Å². The minimum Gasteiger partial charge on any atom is -0.278 e. The van der Waals surface area contributed by atoms with Crippen LogP contribution in [0, 0.1) is 20.8 Å². The van der Waals surface area contributed by atoms with Gasteiger partial charge in [0.2, 0.25) is 0 Å². The van der Waals surface area contributed by atoms with Crippen LogP contribution in [0.15, 0.2) is 12.3 Å². The highest BCUT2D eigenvalue weighted by Crippen LogP contribution is 2.22. The lowest BCUT2D eigenvalue weighted by molar-refractivity contribution is 1.12. The molecule has 1 heterocycles. The average molecular weight is 160 g/mol. The minimum absolute atomic E-state index is 1.13. The number of benzene rings is 1. The Kier molecular flexibility index (Phi) is 1.43. The number of nitrogens with zero attached hydrogens (tertiary/aromatic N) is 1. The van der Waals surface area contributed by atoms with Crippen molar-refractivity contribution in [2.75, 3.05) is 0 Å². The van der Waals surface area contributed by atoms with Crippen LogP contribution in [0.25, 0.3) is 10.9 Å². The monoisotopic (exact) mass is 160 g/mol. The molecule has 0 aliphatic rings. The van der Waals surface area contributed by atoms with Crippen molar-refractivity contribution in [3.05, 3.63) is 29.0 Å². The molecule has 0 bridgehead atoms. The Morgan fingerprint density at radius 2 is 1.92 bits per heavy atom. The normalized spacial score (nSPS) is 10.9. The third-order valence-electron chi connectivity index (χ3n) is 2.59. The predicted molar refractivity (Wildman–Crippen MR) is 50.3 cm³/mol. The van der Waals surface area contributed by atoms with Crippen LogP contribution < -0.4 is 0 Å². The van der Waals surface area contributed by atoms with Gasteiger partial charge in [-0.1, -0.05) is 0 Å². The highest BCUT2D eigenvalue weighted by atomic mass is 15.1. The summed E-state index contributed by atoms with van der Waals surface area (Å²) >= 11 is 0. The van der Waals surface area contributed by atoms with Crippen LogP contribution in [-0.2, 0) is 0 Å². The first-order valence-corrected chi connectivity index (χ1v) is 4.10. The van der Waals surface area contributed by atoms with Crippen molar-refractivity contribution in [1.29, 1.82) is 0 Å². The Bertz CT molecular complexity index is 427. The smallest absolute Gasteiger partial charge is 0.0655 e. The lowest BCUT2D eigenvalue weighted by Crippen LogP contribution is -1.86. The summed E-state index contributed by atoms with van der Waals surface area (Å²) in [6.07, 6.45) is 1.89. The number of aromatic nitrogens is 2. The van der Waals surface area contributed by atoms with Crippen LogP contribution in [0.1, 0.15) is 16.7 Å². The van der Waals surface area contributed by atoms with Gasteiger partial charge in [0.25, 0.3) is 0 Å². The van der Waals surface area contributed by atoms with Crippen molar-refractivity contribution in [2.24, 2.45) is 0 Å². The van der Waals surface area contributed by atoms with E-state index in [1.54, 1.807) is 0 Å². The second kappa shape index (κ2) is 2.34. The summed E-state index contributed by atoms with van der Waals surface area (Å²) in [5.41, 5.74) is 5.16. The van der Waals surface area contributed by atoms with Gasteiger partial charge in [-0.15, -0.1) is 0 Å². The summed E-state index contributed by atoms with van der Waals surface area (Å²) in [5, 5.41) is 8.23. The first-order chi connectivity index (χ1) is 5.70. The Labute approximate surface area is 71.6 Å². The quantitative estimate of drug-likeness (QED) is 0.630. The first-order valence-electron chi connectivity index (χ1n) is 4.10. The molecule has 2 rings (SSSR count). The predicted octanol–water partition coefficient (Wildman–Crippen LogP) is 2.49. The van der Waals surface area contributed by atoms with Crippen molar-refractivity contribution in [3.63, 3.8) is 0 Å². The summed E-state index contributed by atoms with van der Waals surface area (Å²) in [4.78, 5) is 0. The number of aromatic amines is 1. The summed E-state index contributed by atoms with van der Waals surface area (Å²) < 4.78 is 0. The second-order valence-electron chi connectivity index (χ2n) is 3.27. The molecule has 0 saturated heterocycles. The van der Waals surface area contributed by atoms with Crippen molar-refractivity contribution in [2.45, 2.75) is 20.8 Å². The summed E-state index contributed by atoms with van der Waals surface area (Å²) in [6, 6.07) is 2.14. The van der Waals surface area contributed by atoms with E-state index in [0.717, 1.165) is 5.52 Å². The maximum Gasteiger partial charge on any atom is 0.0655 e. The fourth-order valence-electron chi connectivity index (χ4n) is 1.53. The molecular formula is C10H12N2. The van der Waals surface area contributed by atoms with Gasteiger partial charge in [-0.05, 0) is 43.5 Å². The molecule has 0 fully saturated rings. The molecule has 0 aliphatic heterocycles. The number of rotatable bonds is 0. The van der Waals surface area contributed by atoms with Gasteiger partial charge in [0.1, 0.15) is 0 Å². The number of fused-ring (bicyclic) bond motifs is 1. The fraction of sp³-hybridized carbons (Fsp3) is 0.300. The maximum atomic E-state index is 4.02.